The molecule has 0 radical (unpaired) electrons. The minimum atomic E-state index is -0.417. The molecule has 0 aromatic heterocycles. The topological polar surface area (TPSA) is 32.7 Å². The Morgan fingerprint density at radius 1 is 1.24 bits per heavy atom. The molecular weight excluding hydrogens is 214 g/mol. The maximum Gasteiger partial charge on any atom is 0.0917 e. The molecule has 1 aliphatic rings. The van der Waals surface area contributed by atoms with Crippen LogP contribution in [0.25, 0.3) is 0 Å². The second-order valence-electron chi connectivity index (χ2n) is 4.86. The smallest absolute Gasteiger partial charge is 0.0917 e. The van der Waals surface area contributed by atoms with Crippen LogP contribution in [0.15, 0.2) is 30.3 Å². The maximum atomic E-state index is 10.2. The normalized spacial score (nSPS) is 27.9. The zero-order valence-electron chi connectivity index (χ0n) is 10.5. The molecule has 3 atom stereocenters. The molecular formula is C14H21NO2. The first kappa shape index (κ1) is 12.6. The van der Waals surface area contributed by atoms with Crippen molar-refractivity contribution >= 4 is 0 Å². The lowest BCUT2D eigenvalue weighted by Crippen LogP contribution is -2.50. The average molecular weight is 235 g/mol. The first-order valence-electron chi connectivity index (χ1n) is 6.25. The molecule has 0 bridgehead atoms. The molecule has 2 rings (SSSR count). The standard InChI is InChI=1S/C14H21NO2/c1-11-9-17-10-12(2)15(11)8-14(16)13-6-4-3-5-7-13/h3-7,11-12,14,16H,8-10H2,1-2H3. The van der Waals surface area contributed by atoms with Crippen molar-refractivity contribution in [1.82, 2.24) is 4.90 Å². The van der Waals surface area contributed by atoms with Crippen molar-refractivity contribution < 1.29 is 9.84 Å². The lowest BCUT2D eigenvalue weighted by atomic mass is 10.1. The SMILES string of the molecule is CC1COCC(C)N1CC(O)c1ccccc1. The van der Waals surface area contributed by atoms with Gasteiger partial charge in [0.2, 0.25) is 0 Å². The minimum absolute atomic E-state index is 0.372. The Bertz CT molecular complexity index is 331. The van der Waals surface area contributed by atoms with Gasteiger partial charge in [-0.05, 0) is 19.4 Å². The number of hydrogen-bond donors (Lipinski definition) is 1. The van der Waals surface area contributed by atoms with E-state index in [9.17, 15) is 5.11 Å². The van der Waals surface area contributed by atoms with Gasteiger partial charge in [0.1, 0.15) is 0 Å². The molecule has 94 valence electrons. The van der Waals surface area contributed by atoms with Crippen molar-refractivity contribution in [2.45, 2.75) is 32.0 Å². The van der Waals surface area contributed by atoms with Crippen LogP contribution in [0, 0.1) is 0 Å². The van der Waals surface area contributed by atoms with E-state index in [-0.39, 0.29) is 0 Å². The van der Waals surface area contributed by atoms with Gasteiger partial charge in [-0.2, -0.15) is 0 Å². The van der Waals surface area contributed by atoms with Crippen molar-refractivity contribution in [3.63, 3.8) is 0 Å². The Morgan fingerprint density at radius 3 is 2.41 bits per heavy atom. The predicted octanol–water partition coefficient (Wildman–Crippen LogP) is 1.83. The molecule has 3 nitrogen and oxygen atoms in total. The van der Waals surface area contributed by atoms with Crippen LogP contribution in [0.4, 0.5) is 0 Å². The van der Waals surface area contributed by atoms with Crippen molar-refractivity contribution in [1.29, 1.82) is 0 Å². The van der Waals surface area contributed by atoms with E-state index in [0.717, 1.165) is 18.8 Å². The Balaban J connectivity index is 2.00. The van der Waals surface area contributed by atoms with Gasteiger partial charge in [-0.3, -0.25) is 4.90 Å². The number of nitrogens with zero attached hydrogens (tertiary/aromatic N) is 1. The molecule has 3 heteroatoms. The Labute approximate surface area is 103 Å². The van der Waals surface area contributed by atoms with Gasteiger partial charge in [0.25, 0.3) is 0 Å². The fourth-order valence-corrected chi connectivity index (χ4v) is 2.38. The van der Waals surface area contributed by atoms with Crippen molar-refractivity contribution in [3.8, 4) is 0 Å². The number of ether oxygens (including phenoxy) is 1. The van der Waals surface area contributed by atoms with E-state index >= 15 is 0 Å². The van der Waals surface area contributed by atoms with E-state index in [1.54, 1.807) is 0 Å². The third-order valence-corrected chi connectivity index (χ3v) is 3.42. The maximum absolute atomic E-state index is 10.2. The Hall–Kier alpha value is -0.900. The van der Waals surface area contributed by atoms with E-state index in [0.29, 0.717) is 18.6 Å². The Kier molecular flexibility index (Phi) is 4.15. The highest BCUT2D eigenvalue weighted by Crippen LogP contribution is 2.19. The summed E-state index contributed by atoms with van der Waals surface area (Å²) >= 11 is 0. The minimum Gasteiger partial charge on any atom is -0.387 e. The van der Waals surface area contributed by atoms with Gasteiger partial charge in [0, 0.05) is 18.6 Å². The molecule has 0 spiro atoms. The second kappa shape index (κ2) is 5.63. The zero-order chi connectivity index (χ0) is 12.3. The molecule has 1 aromatic carbocycles. The Morgan fingerprint density at radius 2 is 1.82 bits per heavy atom. The average Bonchev–Trinajstić information content (AvgIpc) is 2.35. The van der Waals surface area contributed by atoms with E-state index in [2.05, 4.69) is 18.7 Å². The molecule has 17 heavy (non-hydrogen) atoms. The third kappa shape index (κ3) is 3.06. The monoisotopic (exact) mass is 235 g/mol. The molecule has 0 amide bonds. The van der Waals surface area contributed by atoms with Gasteiger partial charge in [-0.25, -0.2) is 0 Å². The van der Waals surface area contributed by atoms with Crippen LogP contribution in [0.2, 0.25) is 0 Å². The van der Waals surface area contributed by atoms with Crippen molar-refractivity contribution in [2.24, 2.45) is 0 Å². The lowest BCUT2D eigenvalue weighted by molar-refractivity contribution is -0.0537. The molecule has 3 unspecified atom stereocenters. The summed E-state index contributed by atoms with van der Waals surface area (Å²) in [5.74, 6) is 0. The summed E-state index contributed by atoms with van der Waals surface area (Å²) in [6.45, 7) is 6.48. The van der Waals surface area contributed by atoms with Crippen molar-refractivity contribution in [3.05, 3.63) is 35.9 Å². The summed E-state index contributed by atoms with van der Waals surface area (Å²) in [5, 5.41) is 10.2. The zero-order valence-corrected chi connectivity index (χ0v) is 10.5. The largest absolute Gasteiger partial charge is 0.387 e. The van der Waals surface area contributed by atoms with Gasteiger partial charge in [0.15, 0.2) is 0 Å². The van der Waals surface area contributed by atoms with E-state index in [1.807, 2.05) is 30.3 Å². The number of benzene rings is 1. The van der Waals surface area contributed by atoms with Crippen LogP contribution in [0.3, 0.4) is 0 Å². The lowest BCUT2D eigenvalue weighted by Gasteiger charge is -2.39. The van der Waals surface area contributed by atoms with Crippen LogP contribution in [-0.4, -0.2) is 41.8 Å². The van der Waals surface area contributed by atoms with Crippen molar-refractivity contribution in [2.75, 3.05) is 19.8 Å². The first-order chi connectivity index (χ1) is 8.18. The van der Waals surface area contributed by atoms with Gasteiger partial charge in [0.05, 0.1) is 19.3 Å². The molecule has 1 aliphatic heterocycles. The van der Waals surface area contributed by atoms with Gasteiger partial charge < -0.3 is 9.84 Å². The molecule has 1 heterocycles. The highest BCUT2D eigenvalue weighted by Gasteiger charge is 2.27. The highest BCUT2D eigenvalue weighted by atomic mass is 16.5. The first-order valence-corrected chi connectivity index (χ1v) is 6.25. The highest BCUT2D eigenvalue weighted by molar-refractivity contribution is 5.17. The molecule has 1 fully saturated rings. The van der Waals surface area contributed by atoms with Crippen LogP contribution >= 0.6 is 0 Å². The molecule has 1 aromatic rings. The van der Waals surface area contributed by atoms with Crippen LogP contribution in [0.1, 0.15) is 25.5 Å². The summed E-state index contributed by atoms with van der Waals surface area (Å²) < 4.78 is 5.49. The molecule has 1 N–H and O–H groups in total. The van der Waals surface area contributed by atoms with Crippen LogP contribution in [0.5, 0.6) is 0 Å². The molecule has 1 saturated heterocycles. The fraction of sp³-hybridized carbons (Fsp3) is 0.571. The number of aliphatic hydroxyl groups excluding tert-OH is 1. The van der Waals surface area contributed by atoms with Gasteiger partial charge in [-0.1, -0.05) is 30.3 Å². The molecule has 0 aliphatic carbocycles. The van der Waals surface area contributed by atoms with Crippen LogP contribution < -0.4 is 0 Å². The van der Waals surface area contributed by atoms with Crippen LogP contribution in [-0.2, 0) is 4.74 Å². The summed E-state index contributed by atoms with van der Waals surface area (Å²) in [7, 11) is 0. The summed E-state index contributed by atoms with van der Waals surface area (Å²) in [4.78, 5) is 2.32. The van der Waals surface area contributed by atoms with Gasteiger partial charge >= 0.3 is 0 Å². The number of morpholine rings is 1. The van der Waals surface area contributed by atoms with E-state index in [1.165, 1.54) is 0 Å². The third-order valence-electron chi connectivity index (χ3n) is 3.42. The fourth-order valence-electron chi connectivity index (χ4n) is 2.38. The molecule has 0 saturated carbocycles. The van der Waals surface area contributed by atoms with E-state index < -0.39 is 6.10 Å². The predicted molar refractivity (Wildman–Crippen MR) is 67.9 cm³/mol. The summed E-state index contributed by atoms with van der Waals surface area (Å²) in [6.07, 6.45) is -0.417. The van der Waals surface area contributed by atoms with E-state index in [4.69, 9.17) is 4.74 Å². The summed E-state index contributed by atoms with van der Waals surface area (Å²) in [6, 6.07) is 10.6. The number of rotatable bonds is 3. The quantitative estimate of drug-likeness (QED) is 0.867. The second-order valence-corrected chi connectivity index (χ2v) is 4.86. The number of β-amino-alcohol motifs (C(OH)–C–C–N with tert-alkyl or cyclic N) is 1. The number of hydrogen-bond acceptors (Lipinski definition) is 3. The van der Waals surface area contributed by atoms with Gasteiger partial charge in [-0.15, -0.1) is 0 Å². The number of aliphatic hydroxyl groups is 1. The summed E-state index contributed by atoms with van der Waals surface area (Å²) in [5.41, 5.74) is 0.985.